The summed E-state index contributed by atoms with van der Waals surface area (Å²) >= 11 is 3.46. The Balaban J connectivity index is 3.02. The molecule has 0 unspecified atom stereocenters. The van der Waals surface area contributed by atoms with Crippen LogP contribution >= 0.6 is 15.9 Å². The molecule has 0 saturated heterocycles. The number of nitrogens with one attached hydrogen (secondary N) is 1. The SMILES string of the molecule is CN/N=C(/C)c1ccccc1Br. The molecule has 0 aromatic heterocycles. The third-order valence-electron chi connectivity index (χ3n) is 1.54. The second-order valence-electron chi connectivity index (χ2n) is 2.40. The molecule has 2 nitrogen and oxygen atoms in total. The Morgan fingerprint density at radius 2 is 2.08 bits per heavy atom. The minimum Gasteiger partial charge on any atom is -0.313 e. The smallest absolute Gasteiger partial charge is 0.0655 e. The molecule has 12 heavy (non-hydrogen) atoms. The van der Waals surface area contributed by atoms with Gasteiger partial charge in [0.2, 0.25) is 0 Å². The van der Waals surface area contributed by atoms with E-state index in [0.717, 1.165) is 15.7 Å². The molecule has 1 N–H and O–H groups in total. The van der Waals surface area contributed by atoms with Gasteiger partial charge in [-0.3, -0.25) is 0 Å². The molecule has 0 heterocycles. The standard InChI is InChI=1S/C9H11BrN2/c1-7(12-11-2)8-5-3-4-6-9(8)10/h3-6,11H,1-2H3/b12-7-. The highest BCUT2D eigenvalue weighted by Gasteiger charge is 2.00. The Kier molecular flexibility index (Phi) is 3.29. The Hall–Kier alpha value is -0.830. The molecule has 64 valence electrons. The second-order valence-corrected chi connectivity index (χ2v) is 3.26. The minimum atomic E-state index is 0.977. The third-order valence-corrected chi connectivity index (χ3v) is 2.23. The van der Waals surface area contributed by atoms with Crippen molar-refractivity contribution in [3.63, 3.8) is 0 Å². The van der Waals surface area contributed by atoms with E-state index in [4.69, 9.17) is 0 Å². The van der Waals surface area contributed by atoms with E-state index < -0.39 is 0 Å². The average molecular weight is 227 g/mol. The Morgan fingerprint density at radius 3 is 2.67 bits per heavy atom. The molecule has 0 aliphatic heterocycles. The fraction of sp³-hybridized carbons (Fsp3) is 0.222. The molecular formula is C9H11BrN2. The van der Waals surface area contributed by atoms with E-state index in [1.807, 2.05) is 31.2 Å². The maximum atomic E-state index is 4.09. The van der Waals surface area contributed by atoms with Crippen molar-refractivity contribution < 1.29 is 0 Å². The van der Waals surface area contributed by atoms with Gasteiger partial charge in [0, 0.05) is 17.1 Å². The second kappa shape index (κ2) is 4.26. The molecule has 0 saturated carbocycles. The predicted octanol–water partition coefficient (Wildman–Crippen LogP) is 2.39. The van der Waals surface area contributed by atoms with Crippen molar-refractivity contribution in [1.82, 2.24) is 5.43 Å². The molecule has 1 aromatic rings. The van der Waals surface area contributed by atoms with Crippen LogP contribution in [-0.2, 0) is 0 Å². The number of benzene rings is 1. The van der Waals surface area contributed by atoms with E-state index in [1.165, 1.54) is 0 Å². The summed E-state index contributed by atoms with van der Waals surface area (Å²) in [5.41, 5.74) is 4.85. The summed E-state index contributed by atoms with van der Waals surface area (Å²) in [5, 5.41) is 4.09. The van der Waals surface area contributed by atoms with Crippen LogP contribution in [0.1, 0.15) is 12.5 Å². The Morgan fingerprint density at radius 1 is 1.42 bits per heavy atom. The first kappa shape index (κ1) is 9.26. The van der Waals surface area contributed by atoms with Crippen molar-refractivity contribution in [2.75, 3.05) is 7.05 Å². The predicted molar refractivity (Wildman–Crippen MR) is 55.4 cm³/mol. The van der Waals surface area contributed by atoms with E-state index in [9.17, 15) is 0 Å². The van der Waals surface area contributed by atoms with Crippen LogP contribution in [0.15, 0.2) is 33.8 Å². The van der Waals surface area contributed by atoms with Crippen LogP contribution in [0.25, 0.3) is 0 Å². The van der Waals surface area contributed by atoms with Gasteiger partial charge in [-0.15, -0.1) is 0 Å². The van der Waals surface area contributed by atoms with E-state index in [0.29, 0.717) is 0 Å². The summed E-state index contributed by atoms with van der Waals surface area (Å²) in [7, 11) is 1.79. The summed E-state index contributed by atoms with van der Waals surface area (Å²) in [6, 6.07) is 8.01. The highest BCUT2D eigenvalue weighted by Crippen LogP contribution is 2.16. The van der Waals surface area contributed by atoms with Crippen LogP contribution in [0.4, 0.5) is 0 Å². The van der Waals surface area contributed by atoms with E-state index >= 15 is 0 Å². The number of hydrogen-bond acceptors (Lipinski definition) is 2. The lowest BCUT2D eigenvalue weighted by Crippen LogP contribution is -2.03. The van der Waals surface area contributed by atoms with Gasteiger partial charge in [-0.25, -0.2) is 0 Å². The summed E-state index contributed by atoms with van der Waals surface area (Å²) in [6.07, 6.45) is 0. The lowest BCUT2D eigenvalue weighted by atomic mass is 10.1. The Bertz CT molecular complexity index is 294. The number of hydrazone groups is 1. The van der Waals surface area contributed by atoms with Crippen molar-refractivity contribution in [2.45, 2.75) is 6.92 Å². The highest BCUT2D eigenvalue weighted by molar-refractivity contribution is 9.10. The first-order valence-electron chi connectivity index (χ1n) is 3.71. The normalized spacial score (nSPS) is 11.4. The van der Waals surface area contributed by atoms with Gasteiger partial charge >= 0.3 is 0 Å². The molecule has 3 heteroatoms. The largest absolute Gasteiger partial charge is 0.313 e. The molecule has 0 radical (unpaired) electrons. The lowest BCUT2D eigenvalue weighted by Gasteiger charge is -2.02. The summed E-state index contributed by atoms with van der Waals surface area (Å²) in [6.45, 7) is 1.97. The molecule has 0 amide bonds. The minimum absolute atomic E-state index is 0.977. The fourth-order valence-electron chi connectivity index (χ4n) is 0.983. The Labute approximate surface area is 80.8 Å². The first-order chi connectivity index (χ1) is 5.75. The molecule has 0 aliphatic rings. The van der Waals surface area contributed by atoms with Crippen LogP contribution in [0.5, 0.6) is 0 Å². The molecule has 0 aliphatic carbocycles. The van der Waals surface area contributed by atoms with Crippen LogP contribution in [0.2, 0.25) is 0 Å². The molecule has 1 rings (SSSR count). The van der Waals surface area contributed by atoms with Crippen LogP contribution < -0.4 is 5.43 Å². The van der Waals surface area contributed by atoms with E-state index in [1.54, 1.807) is 7.05 Å². The molecule has 0 fully saturated rings. The van der Waals surface area contributed by atoms with Gasteiger partial charge in [-0.1, -0.05) is 34.1 Å². The topological polar surface area (TPSA) is 24.4 Å². The van der Waals surface area contributed by atoms with Crippen molar-refractivity contribution in [2.24, 2.45) is 5.10 Å². The van der Waals surface area contributed by atoms with Crippen LogP contribution in [-0.4, -0.2) is 12.8 Å². The fourth-order valence-corrected chi connectivity index (χ4v) is 1.55. The molecular weight excluding hydrogens is 216 g/mol. The number of hydrogen-bond donors (Lipinski definition) is 1. The molecule has 0 bridgehead atoms. The van der Waals surface area contributed by atoms with Gasteiger partial charge in [0.05, 0.1) is 5.71 Å². The van der Waals surface area contributed by atoms with E-state index in [2.05, 4.69) is 26.5 Å². The van der Waals surface area contributed by atoms with Crippen LogP contribution in [0, 0.1) is 0 Å². The van der Waals surface area contributed by atoms with Crippen molar-refractivity contribution in [3.8, 4) is 0 Å². The summed E-state index contributed by atoms with van der Waals surface area (Å²) in [4.78, 5) is 0. The highest BCUT2D eigenvalue weighted by atomic mass is 79.9. The first-order valence-corrected chi connectivity index (χ1v) is 4.51. The van der Waals surface area contributed by atoms with Crippen LogP contribution in [0.3, 0.4) is 0 Å². The zero-order valence-electron chi connectivity index (χ0n) is 7.13. The van der Waals surface area contributed by atoms with Gasteiger partial charge in [0.25, 0.3) is 0 Å². The zero-order chi connectivity index (χ0) is 8.97. The van der Waals surface area contributed by atoms with E-state index in [-0.39, 0.29) is 0 Å². The molecule has 0 spiro atoms. The van der Waals surface area contributed by atoms with Gasteiger partial charge in [0.1, 0.15) is 0 Å². The maximum absolute atomic E-state index is 4.09. The monoisotopic (exact) mass is 226 g/mol. The number of rotatable bonds is 2. The zero-order valence-corrected chi connectivity index (χ0v) is 8.72. The van der Waals surface area contributed by atoms with Gasteiger partial charge in [-0.2, -0.15) is 5.10 Å². The van der Waals surface area contributed by atoms with Gasteiger partial charge < -0.3 is 5.43 Å². The van der Waals surface area contributed by atoms with Crippen molar-refractivity contribution >= 4 is 21.6 Å². The summed E-state index contributed by atoms with van der Waals surface area (Å²) in [5.74, 6) is 0. The molecule has 0 atom stereocenters. The third kappa shape index (κ3) is 2.08. The molecule has 1 aromatic carbocycles. The lowest BCUT2D eigenvalue weighted by molar-refractivity contribution is 0.899. The average Bonchev–Trinajstić information content (AvgIpc) is 2.05. The van der Waals surface area contributed by atoms with Crippen molar-refractivity contribution in [3.05, 3.63) is 34.3 Å². The number of halogens is 1. The van der Waals surface area contributed by atoms with Gasteiger partial charge in [-0.05, 0) is 13.0 Å². The van der Waals surface area contributed by atoms with Crippen molar-refractivity contribution in [1.29, 1.82) is 0 Å². The quantitative estimate of drug-likeness (QED) is 0.608. The number of nitrogens with zero attached hydrogens (tertiary/aromatic N) is 1. The summed E-state index contributed by atoms with van der Waals surface area (Å²) < 4.78 is 1.07. The maximum Gasteiger partial charge on any atom is 0.0655 e. The van der Waals surface area contributed by atoms with Gasteiger partial charge in [0.15, 0.2) is 0 Å².